The SMILES string of the molecule is Cc1c([N+](=O)[O-])ccc[n+]1F. The summed E-state index contributed by atoms with van der Waals surface area (Å²) in [6.45, 7) is 1.35. The number of aromatic nitrogens is 1. The Balaban J connectivity index is 3.27. The van der Waals surface area contributed by atoms with Crippen LogP contribution < -0.4 is 4.79 Å². The summed E-state index contributed by atoms with van der Waals surface area (Å²) in [6, 6.07) is 2.54. The van der Waals surface area contributed by atoms with Gasteiger partial charge in [-0.2, -0.15) is 0 Å². The van der Waals surface area contributed by atoms with E-state index in [-0.39, 0.29) is 16.2 Å². The Morgan fingerprint density at radius 2 is 2.36 bits per heavy atom. The molecular weight excluding hydrogens is 151 g/mol. The Bertz CT molecular complexity index is 301. The topological polar surface area (TPSA) is 47.0 Å². The fourth-order valence-electron chi connectivity index (χ4n) is 0.745. The van der Waals surface area contributed by atoms with Gasteiger partial charge in [0.25, 0.3) is 0 Å². The summed E-state index contributed by atoms with van der Waals surface area (Å²) in [5, 5.41) is 10.2. The molecule has 11 heavy (non-hydrogen) atoms. The first-order valence-electron chi connectivity index (χ1n) is 2.94. The highest BCUT2D eigenvalue weighted by atomic mass is 19.2. The van der Waals surface area contributed by atoms with E-state index >= 15 is 0 Å². The monoisotopic (exact) mass is 157 g/mol. The van der Waals surface area contributed by atoms with Crippen molar-refractivity contribution in [1.29, 1.82) is 0 Å². The zero-order valence-corrected chi connectivity index (χ0v) is 5.82. The van der Waals surface area contributed by atoms with E-state index in [0.717, 1.165) is 6.20 Å². The lowest BCUT2D eigenvalue weighted by Crippen LogP contribution is -2.26. The number of nitrogens with zero attached hydrogens (tertiary/aromatic N) is 2. The van der Waals surface area contributed by atoms with E-state index in [9.17, 15) is 14.6 Å². The van der Waals surface area contributed by atoms with Gasteiger partial charge < -0.3 is 0 Å². The standard InChI is InChI=1S/C6H6FN2O2/c1-5-6(9(10)11)3-2-4-8(5)7/h2-4H,1H3/q+1. The smallest absolute Gasteiger partial charge is 0.258 e. The fraction of sp³-hybridized carbons (Fsp3) is 0.167. The fourth-order valence-corrected chi connectivity index (χ4v) is 0.745. The first-order valence-corrected chi connectivity index (χ1v) is 2.94. The van der Waals surface area contributed by atoms with E-state index < -0.39 is 4.92 Å². The molecule has 0 aliphatic rings. The molecule has 0 saturated carbocycles. The van der Waals surface area contributed by atoms with E-state index in [1.807, 2.05) is 0 Å². The van der Waals surface area contributed by atoms with Crippen LogP contribution in [0.2, 0.25) is 0 Å². The third kappa shape index (κ3) is 1.31. The predicted octanol–water partition coefficient (Wildman–Crippen LogP) is 0.923. The molecule has 0 aromatic carbocycles. The highest BCUT2D eigenvalue weighted by Gasteiger charge is 2.20. The number of halogens is 1. The molecular formula is C6H6FN2O2+. The van der Waals surface area contributed by atoms with E-state index in [1.165, 1.54) is 19.1 Å². The summed E-state index contributed by atoms with van der Waals surface area (Å²) in [5.74, 6) is 0. The van der Waals surface area contributed by atoms with E-state index in [1.54, 1.807) is 0 Å². The van der Waals surface area contributed by atoms with Crippen molar-refractivity contribution >= 4 is 5.69 Å². The van der Waals surface area contributed by atoms with Crippen LogP contribution in [0.5, 0.6) is 0 Å². The molecule has 0 atom stereocenters. The van der Waals surface area contributed by atoms with Gasteiger partial charge >= 0.3 is 11.4 Å². The Hall–Kier alpha value is -1.52. The predicted molar refractivity (Wildman–Crippen MR) is 34.5 cm³/mol. The quantitative estimate of drug-likeness (QED) is 0.449. The molecule has 0 aliphatic carbocycles. The van der Waals surface area contributed by atoms with Gasteiger partial charge in [0.05, 0.1) is 9.40 Å². The van der Waals surface area contributed by atoms with Gasteiger partial charge in [0, 0.05) is 23.8 Å². The highest BCUT2D eigenvalue weighted by Crippen LogP contribution is 2.11. The Morgan fingerprint density at radius 3 is 2.82 bits per heavy atom. The second-order valence-corrected chi connectivity index (χ2v) is 2.05. The summed E-state index contributed by atoms with van der Waals surface area (Å²) in [7, 11) is 0. The van der Waals surface area contributed by atoms with Gasteiger partial charge in [-0.05, 0) is 0 Å². The van der Waals surface area contributed by atoms with E-state index in [0.29, 0.717) is 0 Å². The van der Waals surface area contributed by atoms with Crippen LogP contribution in [0.1, 0.15) is 5.69 Å². The molecule has 58 valence electrons. The van der Waals surface area contributed by atoms with Crippen LogP contribution in [-0.4, -0.2) is 4.92 Å². The molecule has 5 heteroatoms. The van der Waals surface area contributed by atoms with Crippen molar-refractivity contribution in [1.82, 2.24) is 0 Å². The maximum atomic E-state index is 12.6. The lowest BCUT2D eigenvalue weighted by molar-refractivity contribution is -0.849. The van der Waals surface area contributed by atoms with Gasteiger partial charge in [-0.25, -0.2) is 0 Å². The molecule has 0 unspecified atom stereocenters. The van der Waals surface area contributed by atoms with Crippen molar-refractivity contribution in [2.75, 3.05) is 0 Å². The normalized spacial score (nSPS) is 9.64. The molecule has 1 aromatic heterocycles. The zero-order chi connectivity index (χ0) is 8.43. The van der Waals surface area contributed by atoms with Crippen LogP contribution in [-0.2, 0) is 0 Å². The molecule has 1 heterocycles. The van der Waals surface area contributed by atoms with Crippen molar-refractivity contribution in [2.24, 2.45) is 0 Å². The Labute approximate surface area is 62.0 Å². The molecule has 0 radical (unpaired) electrons. The lowest BCUT2D eigenvalue weighted by atomic mass is 10.3. The van der Waals surface area contributed by atoms with Crippen molar-refractivity contribution in [3.8, 4) is 0 Å². The average molecular weight is 157 g/mol. The van der Waals surface area contributed by atoms with Gasteiger partial charge in [0.2, 0.25) is 6.20 Å². The molecule has 0 N–H and O–H groups in total. The highest BCUT2D eigenvalue weighted by molar-refractivity contribution is 5.29. The summed E-state index contributed by atoms with van der Waals surface area (Å²) in [5.41, 5.74) is -0.215. The van der Waals surface area contributed by atoms with Gasteiger partial charge in [-0.3, -0.25) is 10.1 Å². The van der Waals surface area contributed by atoms with Crippen LogP contribution in [0.15, 0.2) is 18.3 Å². The number of hydrogen-bond donors (Lipinski definition) is 0. The largest absolute Gasteiger partial charge is 0.339 e. The third-order valence-corrected chi connectivity index (χ3v) is 1.36. The van der Waals surface area contributed by atoms with E-state index in [4.69, 9.17) is 0 Å². The molecule has 0 fully saturated rings. The van der Waals surface area contributed by atoms with Gasteiger partial charge in [0.15, 0.2) is 0 Å². The van der Waals surface area contributed by atoms with Crippen molar-refractivity contribution in [2.45, 2.75) is 6.92 Å². The van der Waals surface area contributed by atoms with E-state index in [2.05, 4.69) is 0 Å². The van der Waals surface area contributed by atoms with Gasteiger partial charge in [-0.1, -0.05) is 0 Å². The Morgan fingerprint density at radius 1 is 1.73 bits per heavy atom. The van der Waals surface area contributed by atoms with Crippen LogP contribution in [0.25, 0.3) is 0 Å². The first-order chi connectivity index (χ1) is 5.13. The van der Waals surface area contributed by atoms with Crippen molar-refractivity contribution in [3.05, 3.63) is 34.1 Å². The second-order valence-electron chi connectivity index (χ2n) is 2.05. The number of pyridine rings is 1. The maximum Gasteiger partial charge on any atom is 0.339 e. The molecule has 0 spiro atoms. The van der Waals surface area contributed by atoms with Crippen LogP contribution in [0, 0.1) is 17.0 Å². The second kappa shape index (κ2) is 2.61. The molecule has 0 amide bonds. The summed E-state index contributed by atoms with van der Waals surface area (Å²) in [6.07, 6.45) is 1.11. The first kappa shape index (κ1) is 7.59. The number of nitro groups is 1. The summed E-state index contributed by atoms with van der Waals surface area (Å²) < 4.78 is 12.6. The summed E-state index contributed by atoms with van der Waals surface area (Å²) in [4.78, 5) is 9.80. The molecule has 0 aliphatic heterocycles. The van der Waals surface area contributed by atoms with Crippen LogP contribution >= 0.6 is 0 Å². The summed E-state index contributed by atoms with van der Waals surface area (Å²) >= 11 is 0. The van der Waals surface area contributed by atoms with Crippen LogP contribution in [0.3, 0.4) is 0 Å². The molecule has 4 nitrogen and oxygen atoms in total. The Kier molecular flexibility index (Phi) is 1.80. The van der Waals surface area contributed by atoms with Crippen molar-refractivity contribution < 1.29 is 14.2 Å². The molecule has 0 bridgehead atoms. The number of hydrogen-bond acceptors (Lipinski definition) is 2. The van der Waals surface area contributed by atoms with Gasteiger partial charge in [0.1, 0.15) is 0 Å². The average Bonchev–Trinajstić information content (AvgIpc) is 1.94. The van der Waals surface area contributed by atoms with Gasteiger partial charge in [-0.15, -0.1) is 0 Å². The lowest BCUT2D eigenvalue weighted by Gasteiger charge is -1.88. The minimum absolute atomic E-state index is 0.00231. The van der Waals surface area contributed by atoms with Crippen molar-refractivity contribution in [3.63, 3.8) is 0 Å². The number of rotatable bonds is 1. The molecule has 1 aromatic rings. The third-order valence-electron chi connectivity index (χ3n) is 1.36. The van der Waals surface area contributed by atoms with Crippen LogP contribution in [0.4, 0.5) is 10.2 Å². The molecule has 0 saturated heterocycles. The zero-order valence-electron chi connectivity index (χ0n) is 5.82. The minimum Gasteiger partial charge on any atom is -0.258 e. The minimum atomic E-state index is -0.620. The molecule has 1 rings (SSSR count). The maximum absolute atomic E-state index is 12.6.